The van der Waals surface area contributed by atoms with E-state index in [4.69, 9.17) is 0 Å². The van der Waals surface area contributed by atoms with E-state index in [0.29, 0.717) is 8.95 Å². The Morgan fingerprint density at radius 2 is 2.15 bits per heavy atom. The molecule has 0 aliphatic carbocycles. The molecule has 20 heavy (non-hydrogen) atoms. The number of amides is 1. The standard InChI is InChI=1S/C10H5Br2N3O4S/c11-4-1-5(8(16)6(12)2-4)9(17)14-10-13-3-7(20-10)15(18)19/h1-3,16H,(H,13,14,17). The Morgan fingerprint density at radius 1 is 1.45 bits per heavy atom. The topological polar surface area (TPSA) is 105 Å². The van der Waals surface area contributed by atoms with Crippen molar-refractivity contribution in [3.8, 4) is 5.75 Å². The maximum atomic E-state index is 12.0. The summed E-state index contributed by atoms with van der Waals surface area (Å²) in [4.78, 5) is 25.6. The summed E-state index contributed by atoms with van der Waals surface area (Å²) >= 11 is 7.04. The maximum absolute atomic E-state index is 12.0. The van der Waals surface area contributed by atoms with Crippen LogP contribution >= 0.6 is 43.2 Å². The molecule has 0 aliphatic rings. The van der Waals surface area contributed by atoms with Gasteiger partial charge in [-0.1, -0.05) is 15.9 Å². The van der Waals surface area contributed by atoms with E-state index < -0.39 is 10.8 Å². The highest BCUT2D eigenvalue weighted by Gasteiger charge is 2.18. The Hall–Kier alpha value is -1.52. The predicted molar refractivity (Wildman–Crippen MR) is 80.2 cm³/mol. The zero-order chi connectivity index (χ0) is 14.9. The number of hydrogen-bond acceptors (Lipinski definition) is 6. The Morgan fingerprint density at radius 3 is 2.75 bits per heavy atom. The van der Waals surface area contributed by atoms with Crippen LogP contribution in [0.1, 0.15) is 10.4 Å². The van der Waals surface area contributed by atoms with Gasteiger partial charge in [-0.25, -0.2) is 4.98 Å². The summed E-state index contributed by atoms with van der Waals surface area (Å²) in [5.41, 5.74) is 0.0177. The van der Waals surface area contributed by atoms with Crippen LogP contribution in [0.2, 0.25) is 0 Å². The molecule has 0 bridgehead atoms. The van der Waals surface area contributed by atoms with Crippen molar-refractivity contribution in [1.29, 1.82) is 0 Å². The molecule has 0 spiro atoms. The van der Waals surface area contributed by atoms with E-state index in [2.05, 4.69) is 42.2 Å². The molecule has 10 heteroatoms. The lowest BCUT2D eigenvalue weighted by Gasteiger charge is -2.06. The van der Waals surface area contributed by atoms with Gasteiger partial charge >= 0.3 is 5.00 Å². The average molecular weight is 423 g/mol. The number of nitrogens with one attached hydrogen (secondary N) is 1. The fraction of sp³-hybridized carbons (Fsp3) is 0. The minimum Gasteiger partial charge on any atom is -0.506 e. The van der Waals surface area contributed by atoms with Gasteiger partial charge < -0.3 is 5.11 Å². The van der Waals surface area contributed by atoms with Crippen LogP contribution < -0.4 is 5.32 Å². The number of anilines is 1. The van der Waals surface area contributed by atoms with Crippen LogP contribution in [0.15, 0.2) is 27.3 Å². The zero-order valence-corrected chi connectivity index (χ0v) is 13.5. The first-order valence-corrected chi connectivity index (χ1v) is 7.38. The van der Waals surface area contributed by atoms with E-state index in [1.54, 1.807) is 6.07 Å². The summed E-state index contributed by atoms with van der Waals surface area (Å²) in [6.07, 6.45) is 1.05. The number of aromatic nitrogens is 1. The Balaban J connectivity index is 2.26. The molecule has 0 radical (unpaired) electrons. The van der Waals surface area contributed by atoms with Crippen molar-refractivity contribution in [2.24, 2.45) is 0 Å². The number of nitro groups is 1. The Labute approximate surface area is 133 Å². The molecule has 0 aliphatic heterocycles. The lowest BCUT2D eigenvalue weighted by Crippen LogP contribution is -2.12. The van der Waals surface area contributed by atoms with Crippen LogP contribution in [-0.4, -0.2) is 20.9 Å². The number of carbonyl (C=O) groups is 1. The van der Waals surface area contributed by atoms with Crippen molar-refractivity contribution >= 4 is 59.2 Å². The first kappa shape index (κ1) is 14.9. The molecule has 1 amide bonds. The van der Waals surface area contributed by atoms with E-state index >= 15 is 0 Å². The molecule has 0 unspecified atom stereocenters. The van der Waals surface area contributed by atoms with Crippen molar-refractivity contribution in [2.45, 2.75) is 0 Å². The van der Waals surface area contributed by atoms with Gasteiger partial charge in [-0.2, -0.15) is 0 Å². The predicted octanol–water partition coefficient (Wildman–Crippen LogP) is 3.53. The zero-order valence-electron chi connectivity index (χ0n) is 9.46. The molecule has 7 nitrogen and oxygen atoms in total. The summed E-state index contributed by atoms with van der Waals surface area (Å²) in [5.74, 6) is -0.842. The highest BCUT2D eigenvalue weighted by atomic mass is 79.9. The van der Waals surface area contributed by atoms with Crippen molar-refractivity contribution < 1.29 is 14.8 Å². The number of phenols is 1. The molecule has 0 saturated heterocycles. The van der Waals surface area contributed by atoms with Gasteiger partial charge in [-0.15, -0.1) is 0 Å². The lowest BCUT2D eigenvalue weighted by atomic mass is 10.2. The second-order valence-corrected chi connectivity index (χ2v) is 6.28. The monoisotopic (exact) mass is 421 g/mol. The minimum absolute atomic E-state index is 0.0177. The number of rotatable bonds is 3. The normalized spacial score (nSPS) is 10.3. The molecule has 2 aromatic rings. The second kappa shape index (κ2) is 5.85. The summed E-state index contributed by atoms with van der Waals surface area (Å²) in [6, 6.07) is 3.01. The summed E-state index contributed by atoms with van der Waals surface area (Å²) in [7, 11) is 0. The number of thiazole rings is 1. The van der Waals surface area contributed by atoms with Gasteiger partial charge in [0.25, 0.3) is 5.91 Å². The molecule has 0 fully saturated rings. The highest BCUT2D eigenvalue weighted by molar-refractivity contribution is 9.11. The fourth-order valence-corrected chi connectivity index (χ4v) is 3.16. The number of hydrogen-bond donors (Lipinski definition) is 2. The number of carbonyl (C=O) groups excluding carboxylic acids is 1. The van der Waals surface area contributed by atoms with Crippen molar-refractivity contribution in [3.63, 3.8) is 0 Å². The molecule has 2 N–H and O–H groups in total. The first-order chi connectivity index (χ1) is 9.38. The SMILES string of the molecule is O=C(Nc1ncc([N+](=O)[O-])s1)c1cc(Br)cc(Br)c1O. The third kappa shape index (κ3) is 3.14. The van der Waals surface area contributed by atoms with Gasteiger partial charge in [0, 0.05) is 4.47 Å². The summed E-state index contributed by atoms with van der Waals surface area (Å²) < 4.78 is 0.944. The highest BCUT2D eigenvalue weighted by Crippen LogP contribution is 2.33. The van der Waals surface area contributed by atoms with E-state index in [-0.39, 0.29) is 21.4 Å². The Bertz CT molecular complexity index is 704. The molecule has 1 aromatic heterocycles. The molecule has 0 atom stereocenters. The van der Waals surface area contributed by atoms with Crippen LogP contribution in [0.4, 0.5) is 10.1 Å². The van der Waals surface area contributed by atoms with Crippen molar-refractivity contribution in [1.82, 2.24) is 4.98 Å². The van der Waals surface area contributed by atoms with Gasteiger partial charge in [-0.05, 0) is 39.4 Å². The smallest absolute Gasteiger partial charge is 0.345 e. The van der Waals surface area contributed by atoms with Crippen molar-refractivity contribution in [2.75, 3.05) is 5.32 Å². The van der Waals surface area contributed by atoms with Crippen LogP contribution in [0.5, 0.6) is 5.75 Å². The summed E-state index contributed by atoms with van der Waals surface area (Å²) in [5, 5.41) is 22.6. The number of benzene rings is 1. The third-order valence-corrected chi connectivity index (χ3v) is 4.09. The fourth-order valence-electron chi connectivity index (χ4n) is 1.31. The van der Waals surface area contributed by atoms with Gasteiger partial charge in [-0.3, -0.25) is 20.2 Å². The maximum Gasteiger partial charge on any atom is 0.345 e. The third-order valence-electron chi connectivity index (χ3n) is 2.17. The quantitative estimate of drug-likeness (QED) is 0.581. The molecule has 2 rings (SSSR count). The lowest BCUT2D eigenvalue weighted by molar-refractivity contribution is -0.380. The summed E-state index contributed by atoms with van der Waals surface area (Å²) in [6.45, 7) is 0. The van der Waals surface area contributed by atoms with Gasteiger partial charge in [0.15, 0.2) is 5.13 Å². The molecule has 104 valence electrons. The largest absolute Gasteiger partial charge is 0.506 e. The van der Waals surface area contributed by atoms with E-state index in [0.717, 1.165) is 17.5 Å². The van der Waals surface area contributed by atoms with Crippen LogP contribution in [-0.2, 0) is 0 Å². The van der Waals surface area contributed by atoms with E-state index in [1.807, 2.05) is 0 Å². The van der Waals surface area contributed by atoms with Gasteiger partial charge in [0.2, 0.25) is 0 Å². The number of aromatic hydroxyl groups is 1. The minimum atomic E-state index is -0.617. The van der Waals surface area contributed by atoms with Gasteiger partial charge in [0.1, 0.15) is 11.9 Å². The van der Waals surface area contributed by atoms with E-state index in [9.17, 15) is 20.0 Å². The van der Waals surface area contributed by atoms with Crippen molar-refractivity contribution in [3.05, 3.63) is 43.0 Å². The van der Waals surface area contributed by atoms with E-state index in [1.165, 1.54) is 6.07 Å². The molecule has 0 saturated carbocycles. The average Bonchev–Trinajstić information content (AvgIpc) is 2.82. The molecule has 1 aromatic carbocycles. The number of halogens is 2. The molecular weight excluding hydrogens is 418 g/mol. The number of nitrogens with zero attached hydrogens (tertiary/aromatic N) is 2. The first-order valence-electron chi connectivity index (χ1n) is 4.98. The molecular formula is C10H5Br2N3O4S. The van der Waals surface area contributed by atoms with Crippen LogP contribution in [0, 0.1) is 10.1 Å². The molecule has 1 heterocycles. The second-order valence-electron chi connectivity index (χ2n) is 3.50. The van der Waals surface area contributed by atoms with Gasteiger partial charge in [0.05, 0.1) is 15.0 Å². The van der Waals surface area contributed by atoms with Crippen LogP contribution in [0.3, 0.4) is 0 Å². The number of phenolic OH excluding ortho intramolecular Hbond substituents is 1. The Kier molecular flexibility index (Phi) is 4.35. The van der Waals surface area contributed by atoms with Crippen LogP contribution in [0.25, 0.3) is 0 Å².